The first kappa shape index (κ1) is 13.9. The van der Waals surface area contributed by atoms with Crippen LogP contribution in [0.4, 0.5) is 0 Å². The molecule has 2 nitrogen and oxygen atoms in total. The molecule has 1 atom stereocenters. The second kappa shape index (κ2) is 5.74. The molecule has 2 aromatic carbocycles. The molecular weight excluding hydrogens is 293 g/mol. The fourth-order valence-electron chi connectivity index (χ4n) is 2.62. The molecule has 104 valence electrons. The van der Waals surface area contributed by atoms with Crippen LogP contribution in [0.1, 0.15) is 28.3 Å². The number of hydrogen-bond donors (Lipinski definition) is 1. The van der Waals surface area contributed by atoms with Gasteiger partial charge in [-0.15, -0.1) is 0 Å². The first-order valence-electron chi connectivity index (χ1n) is 6.51. The number of hydrogen-bond acceptors (Lipinski definition) is 2. The van der Waals surface area contributed by atoms with Crippen molar-refractivity contribution in [3.05, 3.63) is 68.7 Å². The van der Waals surface area contributed by atoms with Crippen LogP contribution >= 0.6 is 23.2 Å². The predicted octanol–water partition coefficient (Wildman–Crippen LogP) is 4.33. The van der Waals surface area contributed by atoms with Crippen molar-refractivity contribution < 1.29 is 4.74 Å². The van der Waals surface area contributed by atoms with Crippen LogP contribution in [0.2, 0.25) is 10.0 Å². The molecule has 3 rings (SSSR count). The third-order valence-electron chi connectivity index (χ3n) is 3.66. The van der Waals surface area contributed by atoms with Crippen LogP contribution < -0.4 is 5.32 Å². The predicted molar refractivity (Wildman–Crippen MR) is 82.3 cm³/mol. The normalized spacial score (nSPS) is 15.2. The molecule has 0 radical (unpaired) electrons. The molecule has 1 N–H and O–H groups in total. The van der Waals surface area contributed by atoms with Gasteiger partial charge in [0.25, 0.3) is 0 Å². The van der Waals surface area contributed by atoms with Gasteiger partial charge in [-0.2, -0.15) is 0 Å². The standard InChI is InChI=1S/C16H15Cl2NO/c1-19-16(13-3-2-4-14(17)15(13)18)10-5-6-11-8-20-9-12(11)7-10/h2-7,16,19H,8-9H2,1H3. The summed E-state index contributed by atoms with van der Waals surface area (Å²) in [5, 5.41) is 4.49. The quantitative estimate of drug-likeness (QED) is 0.911. The Kier molecular flexibility index (Phi) is 3.99. The van der Waals surface area contributed by atoms with Crippen molar-refractivity contribution in [3.8, 4) is 0 Å². The van der Waals surface area contributed by atoms with E-state index in [-0.39, 0.29) is 6.04 Å². The fourth-order valence-corrected chi connectivity index (χ4v) is 3.03. The molecule has 0 aromatic heterocycles. The Morgan fingerprint density at radius 3 is 2.70 bits per heavy atom. The first-order chi connectivity index (χ1) is 9.70. The van der Waals surface area contributed by atoms with Gasteiger partial charge in [0.2, 0.25) is 0 Å². The van der Waals surface area contributed by atoms with Crippen LogP contribution in [0.15, 0.2) is 36.4 Å². The second-order valence-electron chi connectivity index (χ2n) is 4.89. The Morgan fingerprint density at radius 2 is 1.90 bits per heavy atom. The van der Waals surface area contributed by atoms with Crippen LogP contribution in [-0.2, 0) is 18.0 Å². The maximum atomic E-state index is 6.34. The first-order valence-corrected chi connectivity index (χ1v) is 7.27. The molecule has 4 heteroatoms. The van der Waals surface area contributed by atoms with Crippen molar-refractivity contribution in [3.63, 3.8) is 0 Å². The zero-order chi connectivity index (χ0) is 14.1. The number of ether oxygens (including phenoxy) is 1. The molecule has 0 fully saturated rings. The Labute approximate surface area is 128 Å². The third-order valence-corrected chi connectivity index (χ3v) is 4.49. The highest BCUT2D eigenvalue weighted by Crippen LogP contribution is 2.34. The van der Waals surface area contributed by atoms with Crippen molar-refractivity contribution in [2.45, 2.75) is 19.3 Å². The van der Waals surface area contributed by atoms with Gasteiger partial charge in [0.05, 0.1) is 29.3 Å². The monoisotopic (exact) mass is 307 g/mol. The number of fused-ring (bicyclic) bond motifs is 1. The summed E-state index contributed by atoms with van der Waals surface area (Å²) in [7, 11) is 1.92. The molecule has 0 saturated carbocycles. The summed E-state index contributed by atoms with van der Waals surface area (Å²) in [5.74, 6) is 0. The highest BCUT2D eigenvalue weighted by atomic mass is 35.5. The van der Waals surface area contributed by atoms with E-state index < -0.39 is 0 Å². The van der Waals surface area contributed by atoms with Gasteiger partial charge in [0, 0.05) is 0 Å². The smallest absolute Gasteiger partial charge is 0.0725 e. The van der Waals surface area contributed by atoms with Gasteiger partial charge in [0.1, 0.15) is 0 Å². The largest absolute Gasteiger partial charge is 0.372 e. The van der Waals surface area contributed by atoms with Crippen molar-refractivity contribution in [2.24, 2.45) is 0 Å². The average Bonchev–Trinajstić information content (AvgIpc) is 2.92. The van der Waals surface area contributed by atoms with E-state index in [1.165, 1.54) is 16.7 Å². The summed E-state index contributed by atoms with van der Waals surface area (Å²) in [5.41, 5.74) is 4.67. The third kappa shape index (κ3) is 2.45. The molecule has 1 heterocycles. The maximum Gasteiger partial charge on any atom is 0.0725 e. The number of rotatable bonds is 3. The molecule has 1 aliphatic rings. The van der Waals surface area contributed by atoms with Crippen LogP contribution in [-0.4, -0.2) is 7.05 Å². The molecule has 0 amide bonds. The van der Waals surface area contributed by atoms with E-state index in [0.717, 1.165) is 5.56 Å². The minimum absolute atomic E-state index is 0.0205. The van der Waals surface area contributed by atoms with Gasteiger partial charge in [-0.05, 0) is 35.4 Å². The molecule has 1 aliphatic heterocycles. The van der Waals surface area contributed by atoms with Gasteiger partial charge in [-0.3, -0.25) is 0 Å². The van der Waals surface area contributed by atoms with Crippen molar-refractivity contribution >= 4 is 23.2 Å². The van der Waals surface area contributed by atoms with Crippen LogP contribution in [0.3, 0.4) is 0 Å². The summed E-state index contributed by atoms with van der Waals surface area (Å²) in [6, 6.07) is 12.2. The molecular formula is C16H15Cl2NO. The van der Waals surface area contributed by atoms with E-state index in [1.807, 2.05) is 19.2 Å². The van der Waals surface area contributed by atoms with Gasteiger partial charge in [-0.25, -0.2) is 0 Å². The van der Waals surface area contributed by atoms with Crippen LogP contribution in [0, 0.1) is 0 Å². The Balaban J connectivity index is 2.03. The molecule has 0 aliphatic carbocycles. The zero-order valence-electron chi connectivity index (χ0n) is 11.1. The minimum Gasteiger partial charge on any atom is -0.372 e. The summed E-state index contributed by atoms with van der Waals surface area (Å²) in [4.78, 5) is 0. The molecule has 20 heavy (non-hydrogen) atoms. The maximum absolute atomic E-state index is 6.34. The Hall–Kier alpha value is -1.06. The molecule has 2 aromatic rings. The molecule has 0 spiro atoms. The van der Waals surface area contributed by atoms with Crippen molar-refractivity contribution in [1.82, 2.24) is 5.32 Å². The van der Waals surface area contributed by atoms with Gasteiger partial charge in [-0.1, -0.05) is 53.5 Å². The van der Waals surface area contributed by atoms with Crippen LogP contribution in [0.5, 0.6) is 0 Å². The summed E-state index contributed by atoms with van der Waals surface area (Å²) >= 11 is 12.5. The summed E-state index contributed by atoms with van der Waals surface area (Å²) < 4.78 is 5.46. The van der Waals surface area contributed by atoms with E-state index in [0.29, 0.717) is 23.3 Å². The highest BCUT2D eigenvalue weighted by molar-refractivity contribution is 6.42. The summed E-state index contributed by atoms with van der Waals surface area (Å²) in [6.07, 6.45) is 0. The van der Waals surface area contributed by atoms with E-state index in [1.54, 1.807) is 6.07 Å². The average molecular weight is 308 g/mol. The molecule has 1 unspecified atom stereocenters. The Bertz CT molecular complexity index is 642. The zero-order valence-corrected chi connectivity index (χ0v) is 12.6. The summed E-state index contributed by atoms with van der Waals surface area (Å²) in [6.45, 7) is 1.39. The second-order valence-corrected chi connectivity index (χ2v) is 5.67. The lowest BCUT2D eigenvalue weighted by Gasteiger charge is -2.19. The Morgan fingerprint density at radius 1 is 1.10 bits per heavy atom. The minimum atomic E-state index is 0.0205. The van der Waals surface area contributed by atoms with E-state index in [4.69, 9.17) is 27.9 Å². The van der Waals surface area contributed by atoms with Crippen LogP contribution in [0.25, 0.3) is 0 Å². The lowest BCUT2D eigenvalue weighted by Crippen LogP contribution is -2.18. The lowest BCUT2D eigenvalue weighted by atomic mass is 9.96. The lowest BCUT2D eigenvalue weighted by molar-refractivity contribution is 0.134. The number of nitrogens with one attached hydrogen (secondary N) is 1. The van der Waals surface area contributed by atoms with E-state index >= 15 is 0 Å². The number of halogens is 2. The molecule has 0 bridgehead atoms. The fraction of sp³-hybridized carbons (Fsp3) is 0.250. The highest BCUT2D eigenvalue weighted by Gasteiger charge is 2.19. The van der Waals surface area contributed by atoms with Crippen molar-refractivity contribution in [2.75, 3.05) is 7.05 Å². The van der Waals surface area contributed by atoms with Crippen molar-refractivity contribution in [1.29, 1.82) is 0 Å². The topological polar surface area (TPSA) is 21.3 Å². The van der Waals surface area contributed by atoms with Gasteiger partial charge in [0.15, 0.2) is 0 Å². The van der Waals surface area contributed by atoms with E-state index in [2.05, 4.69) is 23.5 Å². The van der Waals surface area contributed by atoms with Gasteiger partial charge >= 0.3 is 0 Å². The number of benzene rings is 2. The molecule has 0 saturated heterocycles. The van der Waals surface area contributed by atoms with E-state index in [9.17, 15) is 0 Å². The van der Waals surface area contributed by atoms with Gasteiger partial charge < -0.3 is 10.1 Å². The SMILES string of the molecule is CNC(c1ccc2c(c1)COC2)c1cccc(Cl)c1Cl.